The van der Waals surface area contributed by atoms with E-state index in [0.29, 0.717) is 6.61 Å². The lowest BCUT2D eigenvalue weighted by molar-refractivity contribution is -0.244. The molecule has 0 saturated carbocycles. The molecule has 4 rings (SSSR count). The Morgan fingerprint density at radius 1 is 0.560 bits per heavy atom. The molecule has 0 aliphatic carbocycles. The lowest BCUT2D eigenvalue weighted by Gasteiger charge is -2.40. The van der Waals surface area contributed by atoms with E-state index < -0.39 is 42.3 Å². The van der Waals surface area contributed by atoms with Crippen molar-refractivity contribution in [2.45, 2.75) is 83.4 Å². The number of alkyl carbamates (subject to hydrolysis) is 1. The van der Waals surface area contributed by atoms with Gasteiger partial charge in [0.05, 0.1) is 39.1 Å². The summed E-state index contributed by atoms with van der Waals surface area (Å²) in [6, 6.07) is 38.6. The molecule has 0 bridgehead atoms. The van der Waals surface area contributed by atoms with Crippen LogP contribution in [0.4, 0.5) is 4.79 Å². The molecular weight excluding hydrogens is 634 g/mol. The summed E-state index contributed by atoms with van der Waals surface area (Å²) in [5, 5.41) is 3.05. The first-order chi connectivity index (χ1) is 24.3. The Bertz CT molecular complexity index is 1480. The van der Waals surface area contributed by atoms with Crippen LogP contribution in [0.15, 0.2) is 121 Å². The second kappa shape index (κ2) is 20.6. The Kier molecular flexibility index (Phi) is 15.9. The number of methoxy groups -OCH3 is 2. The van der Waals surface area contributed by atoms with E-state index in [0.717, 1.165) is 22.3 Å². The minimum Gasteiger partial charge on any atom is -0.444 e. The van der Waals surface area contributed by atoms with E-state index in [1.165, 1.54) is 0 Å². The maximum Gasteiger partial charge on any atom is 0.408 e. The summed E-state index contributed by atoms with van der Waals surface area (Å²) in [4.78, 5) is 13.4. The molecule has 0 spiro atoms. The van der Waals surface area contributed by atoms with E-state index >= 15 is 0 Å². The van der Waals surface area contributed by atoms with Crippen molar-refractivity contribution in [1.82, 2.24) is 5.32 Å². The van der Waals surface area contributed by atoms with Crippen molar-refractivity contribution in [1.29, 1.82) is 0 Å². The zero-order valence-corrected chi connectivity index (χ0v) is 29.7. The molecule has 4 aromatic rings. The molecule has 9 nitrogen and oxygen atoms in total. The van der Waals surface area contributed by atoms with Crippen LogP contribution in [0.5, 0.6) is 0 Å². The van der Waals surface area contributed by atoms with Gasteiger partial charge in [0.2, 0.25) is 0 Å². The lowest BCUT2D eigenvalue weighted by atomic mass is 9.99. The fourth-order valence-electron chi connectivity index (χ4n) is 5.36. The van der Waals surface area contributed by atoms with Crippen molar-refractivity contribution in [2.24, 2.45) is 0 Å². The van der Waals surface area contributed by atoms with E-state index in [-0.39, 0.29) is 26.4 Å². The Hall–Kier alpha value is -4.09. The van der Waals surface area contributed by atoms with Crippen molar-refractivity contribution in [3.05, 3.63) is 144 Å². The van der Waals surface area contributed by atoms with Crippen molar-refractivity contribution >= 4 is 6.09 Å². The lowest BCUT2D eigenvalue weighted by Crippen LogP contribution is -2.59. The highest BCUT2D eigenvalue weighted by atomic mass is 16.7. The number of hydrogen-bond acceptors (Lipinski definition) is 8. The fraction of sp³-hybridized carbons (Fsp3) is 0.390. The average molecular weight is 686 g/mol. The van der Waals surface area contributed by atoms with Crippen LogP contribution in [-0.2, 0) is 59.6 Å². The second-order valence-corrected chi connectivity index (χ2v) is 12.9. The SMILES string of the molecule is COC(OC)[C@H](OCc1ccccc1)[C@@H](OCc1ccccc1)[C@H](OCc1ccccc1)[C@@H](COCc1ccccc1)NC(=O)OC(C)(C)C. The molecule has 50 heavy (non-hydrogen) atoms. The number of hydrogen-bond donors (Lipinski definition) is 1. The fourth-order valence-corrected chi connectivity index (χ4v) is 5.36. The highest BCUT2D eigenvalue weighted by molar-refractivity contribution is 5.68. The monoisotopic (exact) mass is 685 g/mol. The number of rotatable bonds is 20. The minimum atomic E-state index is -0.852. The van der Waals surface area contributed by atoms with Gasteiger partial charge in [0.15, 0.2) is 6.29 Å². The third-order valence-electron chi connectivity index (χ3n) is 7.74. The maximum atomic E-state index is 13.4. The van der Waals surface area contributed by atoms with Gasteiger partial charge in [-0.2, -0.15) is 0 Å². The van der Waals surface area contributed by atoms with Crippen LogP contribution in [0.3, 0.4) is 0 Å². The van der Waals surface area contributed by atoms with Gasteiger partial charge in [-0.15, -0.1) is 0 Å². The summed E-state index contributed by atoms with van der Waals surface area (Å²) in [6.07, 6.45) is -3.96. The van der Waals surface area contributed by atoms with Crippen molar-refractivity contribution in [3.8, 4) is 0 Å². The maximum absolute atomic E-state index is 13.4. The molecule has 0 heterocycles. The summed E-state index contributed by atoms with van der Waals surface area (Å²) in [5.41, 5.74) is 3.11. The molecular formula is C41H51NO8. The van der Waals surface area contributed by atoms with Crippen molar-refractivity contribution in [2.75, 3.05) is 20.8 Å². The van der Waals surface area contributed by atoms with Crippen LogP contribution in [0.25, 0.3) is 0 Å². The van der Waals surface area contributed by atoms with Gasteiger partial charge >= 0.3 is 6.09 Å². The molecule has 0 aliphatic rings. The molecule has 0 unspecified atom stereocenters. The van der Waals surface area contributed by atoms with E-state index in [1.807, 2.05) is 142 Å². The summed E-state index contributed by atoms with van der Waals surface area (Å²) in [7, 11) is 3.11. The van der Waals surface area contributed by atoms with Crippen LogP contribution in [-0.4, -0.2) is 63.2 Å². The van der Waals surface area contributed by atoms with Gasteiger partial charge in [-0.25, -0.2) is 4.79 Å². The summed E-state index contributed by atoms with van der Waals surface area (Å²) in [6.45, 7) is 6.55. The van der Waals surface area contributed by atoms with Gasteiger partial charge in [0.25, 0.3) is 0 Å². The van der Waals surface area contributed by atoms with Crippen LogP contribution >= 0.6 is 0 Å². The predicted molar refractivity (Wildman–Crippen MR) is 192 cm³/mol. The first-order valence-corrected chi connectivity index (χ1v) is 16.9. The molecule has 268 valence electrons. The van der Waals surface area contributed by atoms with E-state index in [2.05, 4.69) is 5.32 Å². The van der Waals surface area contributed by atoms with E-state index in [9.17, 15) is 4.79 Å². The summed E-state index contributed by atoms with van der Waals surface area (Å²) >= 11 is 0. The van der Waals surface area contributed by atoms with Crippen LogP contribution in [0.2, 0.25) is 0 Å². The number of amides is 1. The molecule has 0 aliphatic heterocycles. The van der Waals surface area contributed by atoms with E-state index in [1.54, 1.807) is 14.2 Å². The molecule has 0 fully saturated rings. The molecule has 0 aromatic heterocycles. The number of carbonyl (C=O) groups is 1. The summed E-state index contributed by atoms with van der Waals surface area (Å²) < 4.78 is 43.9. The zero-order valence-electron chi connectivity index (χ0n) is 29.7. The number of carbonyl (C=O) groups excluding carboxylic acids is 1. The third kappa shape index (κ3) is 13.3. The molecule has 1 amide bonds. The Balaban J connectivity index is 1.75. The normalized spacial score (nSPS) is 14.1. The largest absolute Gasteiger partial charge is 0.444 e. The topological polar surface area (TPSA) is 93.7 Å². The number of ether oxygens (including phenoxy) is 7. The van der Waals surface area contributed by atoms with Crippen LogP contribution in [0, 0.1) is 0 Å². The zero-order chi connectivity index (χ0) is 35.6. The predicted octanol–water partition coefficient (Wildman–Crippen LogP) is 7.47. The average Bonchev–Trinajstić information content (AvgIpc) is 3.12. The standard InChI is InChI=1S/C41H51NO8/c1-41(2,3)50-40(43)42-35(30-46-26-31-18-10-6-11-19-31)36(47-27-32-20-12-7-13-21-32)37(48-28-33-22-14-8-15-23-33)38(39(44-4)45-5)49-29-34-24-16-9-17-25-34/h6-25,35-39H,26-30H2,1-5H3,(H,42,43)/t35-,36-,37+,38-/m1/s1. The smallest absolute Gasteiger partial charge is 0.408 e. The molecule has 4 aromatic carbocycles. The Morgan fingerprint density at radius 2 is 0.940 bits per heavy atom. The van der Waals surface area contributed by atoms with Gasteiger partial charge in [-0.3, -0.25) is 0 Å². The second-order valence-electron chi connectivity index (χ2n) is 12.9. The van der Waals surface area contributed by atoms with Gasteiger partial charge in [0, 0.05) is 14.2 Å². The van der Waals surface area contributed by atoms with E-state index in [4.69, 9.17) is 33.2 Å². The van der Waals surface area contributed by atoms with Crippen molar-refractivity contribution < 1.29 is 38.0 Å². The van der Waals surface area contributed by atoms with Gasteiger partial charge in [-0.1, -0.05) is 121 Å². The van der Waals surface area contributed by atoms with Crippen LogP contribution in [0.1, 0.15) is 43.0 Å². The van der Waals surface area contributed by atoms with Gasteiger partial charge in [-0.05, 0) is 43.0 Å². The Labute approximate surface area is 296 Å². The first kappa shape index (κ1) is 38.7. The highest BCUT2D eigenvalue weighted by Gasteiger charge is 2.43. The minimum absolute atomic E-state index is 0.0782. The molecule has 0 saturated heterocycles. The molecule has 0 radical (unpaired) electrons. The third-order valence-corrected chi connectivity index (χ3v) is 7.74. The number of benzene rings is 4. The van der Waals surface area contributed by atoms with Crippen molar-refractivity contribution in [3.63, 3.8) is 0 Å². The quantitative estimate of drug-likeness (QED) is 0.0959. The summed E-state index contributed by atoms with van der Waals surface area (Å²) in [5.74, 6) is 0. The first-order valence-electron chi connectivity index (χ1n) is 16.9. The molecule has 9 heteroatoms. The number of nitrogens with one attached hydrogen (secondary N) is 1. The highest BCUT2D eigenvalue weighted by Crippen LogP contribution is 2.25. The molecule has 1 N–H and O–H groups in total. The molecule has 4 atom stereocenters. The van der Waals surface area contributed by atoms with Gasteiger partial charge in [0.1, 0.15) is 23.9 Å². The Morgan fingerprint density at radius 3 is 1.34 bits per heavy atom. The van der Waals surface area contributed by atoms with Crippen LogP contribution < -0.4 is 5.32 Å². The van der Waals surface area contributed by atoms with Gasteiger partial charge < -0.3 is 38.5 Å².